The number of nitrogens with two attached hydrogens (primary N) is 1. The molecule has 4 N–H and O–H groups in total. The van der Waals surface area contributed by atoms with Gasteiger partial charge in [-0.15, -0.1) is 0 Å². The van der Waals surface area contributed by atoms with E-state index in [1.165, 1.54) is 12.8 Å². The number of benzene rings is 1. The summed E-state index contributed by atoms with van der Waals surface area (Å²) in [7, 11) is 0. The first-order chi connectivity index (χ1) is 9.47. The maximum atomic E-state index is 12.5. The summed E-state index contributed by atoms with van der Waals surface area (Å²) in [6.45, 7) is 4.45. The summed E-state index contributed by atoms with van der Waals surface area (Å²) in [6.07, 6.45) is 5.18. The fourth-order valence-corrected chi connectivity index (χ4v) is 3.16. The second-order valence-electron chi connectivity index (χ2n) is 6.41. The number of aromatic nitrogens is 1. The van der Waals surface area contributed by atoms with Crippen LogP contribution in [0.1, 0.15) is 43.5 Å². The molecule has 1 aromatic carbocycles. The zero-order valence-electron chi connectivity index (χ0n) is 12.0. The molecule has 0 aliphatic heterocycles. The van der Waals surface area contributed by atoms with Crippen LogP contribution in [-0.4, -0.2) is 16.9 Å². The topological polar surface area (TPSA) is 70.9 Å². The van der Waals surface area contributed by atoms with E-state index in [0.29, 0.717) is 11.3 Å². The minimum atomic E-state index is 0.000923. The van der Waals surface area contributed by atoms with Crippen LogP contribution in [0.25, 0.3) is 10.9 Å². The molecular formula is C16H21N3O. The highest BCUT2D eigenvalue weighted by Gasteiger charge is 2.35. The van der Waals surface area contributed by atoms with E-state index in [0.717, 1.165) is 17.3 Å². The number of nitrogens with one attached hydrogen (secondary N) is 2. The molecule has 1 aromatic heterocycles. The third-order valence-electron chi connectivity index (χ3n) is 4.51. The number of carbonyl (C=O) groups is 1. The molecule has 2 aromatic rings. The van der Waals surface area contributed by atoms with Crippen LogP contribution in [0, 0.1) is 5.41 Å². The molecule has 0 bridgehead atoms. The molecule has 1 aliphatic rings. The minimum Gasteiger partial charge on any atom is -0.399 e. The number of H-pyrrole nitrogens is 1. The second kappa shape index (κ2) is 4.54. The lowest BCUT2D eigenvalue weighted by Gasteiger charge is -2.27. The van der Waals surface area contributed by atoms with Gasteiger partial charge < -0.3 is 16.0 Å². The maximum Gasteiger partial charge on any atom is 0.253 e. The molecule has 1 amide bonds. The highest BCUT2D eigenvalue weighted by atomic mass is 16.1. The Morgan fingerprint density at radius 1 is 1.45 bits per heavy atom. The summed E-state index contributed by atoms with van der Waals surface area (Å²) >= 11 is 0. The molecule has 4 heteroatoms. The van der Waals surface area contributed by atoms with Crippen LogP contribution in [0.15, 0.2) is 24.4 Å². The average molecular weight is 271 g/mol. The van der Waals surface area contributed by atoms with Gasteiger partial charge in [0.05, 0.1) is 5.56 Å². The standard InChI is InChI=1S/C16H21N3O/c1-16(2)7-3-4-14(16)19-15(20)12-9-18-13-8-10(17)5-6-11(12)13/h5-6,8-9,14,18H,3-4,7,17H2,1-2H3,(H,19,20). The van der Waals surface area contributed by atoms with Gasteiger partial charge in [-0.1, -0.05) is 20.3 Å². The largest absolute Gasteiger partial charge is 0.399 e. The Hall–Kier alpha value is -1.97. The molecular weight excluding hydrogens is 250 g/mol. The van der Waals surface area contributed by atoms with E-state index in [1.54, 1.807) is 6.20 Å². The number of aromatic amines is 1. The third kappa shape index (κ3) is 2.15. The van der Waals surface area contributed by atoms with Gasteiger partial charge in [-0.3, -0.25) is 4.79 Å². The predicted molar refractivity (Wildman–Crippen MR) is 81.6 cm³/mol. The van der Waals surface area contributed by atoms with E-state index in [2.05, 4.69) is 24.1 Å². The second-order valence-corrected chi connectivity index (χ2v) is 6.41. The quantitative estimate of drug-likeness (QED) is 0.735. The lowest BCUT2D eigenvalue weighted by atomic mass is 9.87. The lowest BCUT2D eigenvalue weighted by molar-refractivity contribution is 0.0912. The van der Waals surface area contributed by atoms with Gasteiger partial charge in [-0.25, -0.2) is 0 Å². The van der Waals surface area contributed by atoms with Crippen LogP contribution in [0.2, 0.25) is 0 Å². The van der Waals surface area contributed by atoms with Crippen molar-refractivity contribution in [3.05, 3.63) is 30.0 Å². The molecule has 0 saturated heterocycles. The fraction of sp³-hybridized carbons (Fsp3) is 0.438. The number of amides is 1. The minimum absolute atomic E-state index is 0.000923. The van der Waals surface area contributed by atoms with Crippen molar-refractivity contribution in [3.63, 3.8) is 0 Å². The molecule has 1 aliphatic carbocycles. The first-order valence-electron chi connectivity index (χ1n) is 7.15. The predicted octanol–water partition coefficient (Wildman–Crippen LogP) is 3.06. The highest BCUT2D eigenvalue weighted by molar-refractivity contribution is 6.07. The van der Waals surface area contributed by atoms with E-state index in [1.807, 2.05) is 18.2 Å². The number of anilines is 1. The first kappa shape index (κ1) is 13.0. The van der Waals surface area contributed by atoms with Gasteiger partial charge in [0, 0.05) is 28.8 Å². The van der Waals surface area contributed by atoms with Crippen molar-refractivity contribution in [2.75, 3.05) is 5.73 Å². The molecule has 1 unspecified atom stereocenters. The zero-order valence-corrected chi connectivity index (χ0v) is 12.0. The summed E-state index contributed by atoms with van der Waals surface area (Å²) < 4.78 is 0. The SMILES string of the molecule is CC1(C)CCCC1NC(=O)c1c[nH]c2cc(N)ccc12. The van der Waals surface area contributed by atoms with Crippen molar-refractivity contribution in [1.82, 2.24) is 10.3 Å². The highest BCUT2D eigenvalue weighted by Crippen LogP contribution is 2.37. The summed E-state index contributed by atoms with van der Waals surface area (Å²) in [5.41, 5.74) is 8.24. The van der Waals surface area contributed by atoms with Crippen molar-refractivity contribution < 1.29 is 4.79 Å². The molecule has 1 saturated carbocycles. The van der Waals surface area contributed by atoms with Crippen LogP contribution in [-0.2, 0) is 0 Å². The van der Waals surface area contributed by atoms with Crippen LogP contribution >= 0.6 is 0 Å². The molecule has 3 rings (SSSR count). The van der Waals surface area contributed by atoms with E-state index in [-0.39, 0.29) is 17.4 Å². The third-order valence-corrected chi connectivity index (χ3v) is 4.51. The van der Waals surface area contributed by atoms with E-state index in [4.69, 9.17) is 5.73 Å². The van der Waals surface area contributed by atoms with Crippen molar-refractivity contribution in [2.24, 2.45) is 5.41 Å². The number of hydrogen-bond donors (Lipinski definition) is 3. The van der Waals surface area contributed by atoms with Gasteiger partial charge in [-0.05, 0) is 36.5 Å². The molecule has 0 radical (unpaired) electrons. The Bertz CT molecular complexity index is 657. The Kier molecular flexibility index (Phi) is 2.96. The summed E-state index contributed by atoms with van der Waals surface area (Å²) in [5.74, 6) is 0.000923. The Balaban J connectivity index is 1.86. The molecule has 1 fully saturated rings. The molecule has 1 heterocycles. The molecule has 1 atom stereocenters. The fourth-order valence-electron chi connectivity index (χ4n) is 3.16. The van der Waals surface area contributed by atoms with E-state index in [9.17, 15) is 4.79 Å². The normalized spacial score (nSPS) is 21.2. The van der Waals surface area contributed by atoms with E-state index < -0.39 is 0 Å². The zero-order chi connectivity index (χ0) is 14.3. The lowest BCUT2D eigenvalue weighted by Crippen LogP contribution is -2.41. The smallest absolute Gasteiger partial charge is 0.253 e. The van der Waals surface area contributed by atoms with Crippen molar-refractivity contribution >= 4 is 22.5 Å². The number of fused-ring (bicyclic) bond motifs is 1. The van der Waals surface area contributed by atoms with Crippen molar-refractivity contribution in [3.8, 4) is 0 Å². The number of hydrogen-bond acceptors (Lipinski definition) is 2. The van der Waals surface area contributed by atoms with Gasteiger partial charge in [-0.2, -0.15) is 0 Å². The van der Waals surface area contributed by atoms with Gasteiger partial charge >= 0.3 is 0 Å². The van der Waals surface area contributed by atoms with Gasteiger partial charge in [0.15, 0.2) is 0 Å². The summed E-state index contributed by atoms with van der Waals surface area (Å²) in [6, 6.07) is 5.84. The van der Waals surface area contributed by atoms with Crippen LogP contribution in [0.4, 0.5) is 5.69 Å². The maximum absolute atomic E-state index is 12.5. The average Bonchev–Trinajstić information content (AvgIpc) is 2.93. The number of nitrogen functional groups attached to an aromatic ring is 1. The van der Waals surface area contributed by atoms with Crippen molar-refractivity contribution in [2.45, 2.75) is 39.2 Å². The molecule has 106 valence electrons. The molecule has 20 heavy (non-hydrogen) atoms. The van der Waals surface area contributed by atoms with Crippen LogP contribution < -0.4 is 11.1 Å². The van der Waals surface area contributed by atoms with E-state index >= 15 is 0 Å². The number of carbonyl (C=O) groups excluding carboxylic acids is 1. The molecule has 0 spiro atoms. The monoisotopic (exact) mass is 271 g/mol. The summed E-state index contributed by atoms with van der Waals surface area (Å²) in [4.78, 5) is 15.6. The van der Waals surface area contributed by atoms with Gasteiger partial charge in [0.1, 0.15) is 0 Å². The Morgan fingerprint density at radius 3 is 2.95 bits per heavy atom. The van der Waals surface area contributed by atoms with Crippen molar-refractivity contribution in [1.29, 1.82) is 0 Å². The van der Waals surface area contributed by atoms with Crippen LogP contribution in [0.3, 0.4) is 0 Å². The Labute approximate surface area is 118 Å². The molecule has 4 nitrogen and oxygen atoms in total. The van der Waals surface area contributed by atoms with Gasteiger partial charge in [0.2, 0.25) is 0 Å². The van der Waals surface area contributed by atoms with Gasteiger partial charge in [0.25, 0.3) is 5.91 Å². The Morgan fingerprint density at radius 2 is 2.25 bits per heavy atom. The summed E-state index contributed by atoms with van der Waals surface area (Å²) in [5, 5.41) is 4.11. The van der Waals surface area contributed by atoms with Crippen LogP contribution in [0.5, 0.6) is 0 Å². The first-order valence-corrected chi connectivity index (χ1v) is 7.15. The number of rotatable bonds is 2.